The molecule has 2 N–H and O–H groups in total. The molecule has 0 aliphatic rings. The molecule has 106 valence electrons. The van der Waals surface area contributed by atoms with Crippen LogP contribution >= 0.6 is 0 Å². The molecular weight excluding hydrogens is 236 g/mol. The molecule has 0 heterocycles. The number of hydrogen-bond acceptors (Lipinski definition) is 2. The number of nitrogens with two attached hydrogens (primary N) is 1. The van der Waals surface area contributed by atoms with Crippen LogP contribution < -0.4 is 10.6 Å². The topological polar surface area (TPSA) is 46.3 Å². The summed E-state index contributed by atoms with van der Waals surface area (Å²) in [5, 5.41) is 0. The number of carbonyl (C=O) groups excluding carboxylic acids is 1. The number of anilines is 1. The standard InChI is InChI=1S/C16H26N2O/c1-12(2)9-10-18(16(19)11-17)15-7-5-14(6-8-15)13(3)4/h5-8,12-13H,9-11,17H2,1-4H3. The fourth-order valence-corrected chi connectivity index (χ4v) is 1.93. The molecule has 3 heteroatoms. The van der Waals surface area contributed by atoms with Crippen LogP contribution in [0, 0.1) is 5.92 Å². The zero-order valence-corrected chi connectivity index (χ0v) is 12.5. The predicted molar refractivity (Wildman–Crippen MR) is 81.4 cm³/mol. The first-order valence-corrected chi connectivity index (χ1v) is 7.06. The van der Waals surface area contributed by atoms with Crippen molar-refractivity contribution in [1.29, 1.82) is 0 Å². The first-order valence-electron chi connectivity index (χ1n) is 7.06. The highest BCUT2D eigenvalue weighted by Crippen LogP contribution is 2.21. The summed E-state index contributed by atoms with van der Waals surface area (Å²) >= 11 is 0. The van der Waals surface area contributed by atoms with Gasteiger partial charge >= 0.3 is 0 Å². The van der Waals surface area contributed by atoms with Gasteiger partial charge in [0.25, 0.3) is 0 Å². The molecule has 1 aromatic carbocycles. The Bertz CT molecular complexity index is 396. The van der Waals surface area contributed by atoms with E-state index in [0.29, 0.717) is 11.8 Å². The third-order valence-electron chi connectivity index (χ3n) is 3.28. The SMILES string of the molecule is CC(C)CCN(C(=O)CN)c1ccc(C(C)C)cc1. The van der Waals surface area contributed by atoms with Gasteiger partial charge in [0.2, 0.25) is 5.91 Å². The summed E-state index contributed by atoms with van der Waals surface area (Å²) in [6.45, 7) is 9.44. The Morgan fingerprint density at radius 1 is 1.16 bits per heavy atom. The van der Waals surface area contributed by atoms with Crippen molar-refractivity contribution in [1.82, 2.24) is 0 Å². The van der Waals surface area contributed by atoms with E-state index in [1.807, 2.05) is 12.1 Å². The molecule has 0 aliphatic heterocycles. The second-order valence-corrected chi connectivity index (χ2v) is 5.68. The van der Waals surface area contributed by atoms with Gasteiger partial charge in [-0.1, -0.05) is 39.8 Å². The normalized spacial score (nSPS) is 11.1. The van der Waals surface area contributed by atoms with Crippen LogP contribution in [-0.4, -0.2) is 19.0 Å². The van der Waals surface area contributed by atoms with Gasteiger partial charge < -0.3 is 10.6 Å². The molecule has 0 atom stereocenters. The van der Waals surface area contributed by atoms with Crippen molar-refractivity contribution in [2.24, 2.45) is 11.7 Å². The predicted octanol–water partition coefficient (Wildman–Crippen LogP) is 3.15. The van der Waals surface area contributed by atoms with E-state index < -0.39 is 0 Å². The van der Waals surface area contributed by atoms with Crippen LogP contribution in [0.1, 0.15) is 45.6 Å². The van der Waals surface area contributed by atoms with Gasteiger partial charge in [0.05, 0.1) is 6.54 Å². The van der Waals surface area contributed by atoms with Crippen LogP contribution in [0.4, 0.5) is 5.69 Å². The highest BCUT2D eigenvalue weighted by molar-refractivity contribution is 5.94. The molecule has 0 radical (unpaired) electrons. The van der Waals surface area contributed by atoms with Gasteiger partial charge in [-0.2, -0.15) is 0 Å². The van der Waals surface area contributed by atoms with Crippen LogP contribution in [0.3, 0.4) is 0 Å². The second kappa shape index (κ2) is 7.29. The van der Waals surface area contributed by atoms with E-state index in [2.05, 4.69) is 39.8 Å². The van der Waals surface area contributed by atoms with Gasteiger partial charge in [0.1, 0.15) is 0 Å². The lowest BCUT2D eigenvalue weighted by Gasteiger charge is -2.23. The lowest BCUT2D eigenvalue weighted by molar-refractivity contribution is -0.117. The average molecular weight is 262 g/mol. The van der Waals surface area contributed by atoms with E-state index in [9.17, 15) is 4.79 Å². The maximum absolute atomic E-state index is 11.9. The van der Waals surface area contributed by atoms with Crippen molar-refractivity contribution in [2.75, 3.05) is 18.0 Å². The molecular formula is C16H26N2O. The van der Waals surface area contributed by atoms with Gasteiger partial charge in [0.15, 0.2) is 0 Å². The van der Waals surface area contributed by atoms with Crippen LogP contribution in [0.5, 0.6) is 0 Å². The molecule has 3 nitrogen and oxygen atoms in total. The Labute approximate surface area is 116 Å². The van der Waals surface area contributed by atoms with E-state index in [1.54, 1.807) is 4.90 Å². The van der Waals surface area contributed by atoms with Crippen molar-refractivity contribution < 1.29 is 4.79 Å². The molecule has 0 spiro atoms. The van der Waals surface area contributed by atoms with Crippen molar-refractivity contribution in [3.05, 3.63) is 29.8 Å². The van der Waals surface area contributed by atoms with E-state index in [-0.39, 0.29) is 12.5 Å². The molecule has 19 heavy (non-hydrogen) atoms. The number of carbonyl (C=O) groups is 1. The summed E-state index contributed by atoms with van der Waals surface area (Å²) in [7, 11) is 0. The minimum absolute atomic E-state index is 0.0158. The molecule has 1 aromatic rings. The van der Waals surface area contributed by atoms with Gasteiger partial charge in [0, 0.05) is 12.2 Å². The average Bonchev–Trinajstić information content (AvgIpc) is 2.38. The first kappa shape index (κ1) is 15.7. The molecule has 1 rings (SSSR count). The van der Waals surface area contributed by atoms with Crippen molar-refractivity contribution in [3.63, 3.8) is 0 Å². The molecule has 0 unspecified atom stereocenters. The maximum atomic E-state index is 11.9. The highest BCUT2D eigenvalue weighted by Gasteiger charge is 2.14. The highest BCUT2D eigenvalue weighted by atomic mass is 16.2. The molecule has 0 fully saturated rings. The largest absolute Gasteiger partial charge is 0.322 e. The number of benzene rings is 1. The van der Waals surface area contributed by atoms with Crippen LogP contribution in [-0.2, 0) is 4.79 Å². The minimum atomic E-state index is -0.0158. The van der Waals surface area contributed by atoms with E-state index >= 15 is 0 Å². The number of hydrogen-bond donors (Lipinski definition) is 1. The lowest BCUT2D eigenvalue weighted by Crippen LogP contribution is -2.37. The Morgan fingerprint density at radius 3 is 2.16 bits per heavy atom. The summed E-state index contributed by atoms with van der Waals surface area (Å²) in [4.78, 5) is 13.7. The Morgan fingerprint density at radius 2 is 1.74 bits per heavy atom. The maximum Gasteiger partial charge on any atom is 0.240 e. The number of nitrogens with zero attached hydrogens (tertiary/aromatic N) is 1. The van der Waals surface area contributed by atoms with Gasteiger partial charge in [-0.3, -0.25) is 4.79 Å². The van der Waals surface area contributed by atoms with Gasteiger partial charge in [-0.15, -0.1) is 0 Å². The van der Waals surface area contributed by atoms with Gasteiger partial charge in [-0.25, -0.2) is 0 Å². The summed E-state index contributed by atoms with van der Waals surface area (Å²) in [6, 6.07) is 8.21. The number of amides is 1. The first-order chi connectivity index (χ1) is 8.95. The van der Waals surface area contributed by atoms with E-state index in [4.69, 9.17) is 5.73 Å². The van der Waals surface area contributed by atoms with Crippen molar-refractivity contribution in [3.8, 4) is 0 Å². The summed E-state index contributed by atoms with van der Waals surface area (Å²) in [5.74, 6) is 1.06. The van der Waals surface area contributed by atoms with Gasteiger partial charge in [-0.05, 0) is 36.0 Å². The third-order valence-corrected chi connectivity index (χ3v) is 3.28. The smallest absolute Gasteiger partial charge is 0.240 e. The number of rotatable bonds is 6. The Balaban J connectivity index is 2.87. The molecule has 0 aromatic heterocycles. The van der Waals surface area contributed by atoms with Crippen molar-refractivity contribution >= 4 is 11.6 Å². The fourth-order valence-electron chi connectivity index (χ4n) is 1.93. The molecule has 0 saturated carbocycles. The second-order valence-electron chi connectivity index (χ2n) is 5.68. The zero-order valence-electron chi connectivity index (χ0n) is 12.5. The summed E-state index contributed by atoms with van der Waals surface area (Å²) < 4.78 is 0. The lowest BCUT2D eigenvalue weighted by atomic mass is 10.0. The summed E-state index contributed by atoms with van der Waals surface area (Å²) in [5.41, 5.74) is 7.73. The monoisotopic (exact) mass is 262 g/mol. The molecule has 0 saturated heterocycles. The minimum Gasteiger partial charge on any atom is -0.322 e. The third kappa shape index (κ3) is 4.67. The van der Waals surface area contributed by atoms with Crippen molar-refractivity contribution in [2.45, 2.75) is 40.0 Å². The van der Waals surface area contributed by atoms with Crippen LogP contribution in [0.2, 0.25) is 0 Å². The zero-order chi connectivity index (χ0) is 14.4. The Kier molecular flexibility index (Phi) is 6.03. The van der Waals surface area contributed by atoms with Crippen LogP contribution in [0.15, 0.2) is 24.3 Å². The molecule has 0 aliphatic carbocycles. The quantitative estimate of drug-likeness (QED) is 0.856. The summed E-state index contributed by atoms with van der Waals surface area (Å²) in [6.07, 6.45) is 0.984. The Hall–Kier alpha value is -1.35. The van der Waals surface area contributed by atoms with Crippen LogP contribution in [0.25, 0.3) is 0 Å². The van der Waals surface area contributed by atoms with E-state index in [0.717, 1.165) is 18.7 Å². The fraction of sp³-hybridized carbons (Fsp3) is 0.562. The molecule has 1 amide bonds. The molecule has 0 bridgehead atoms. The van der Waals surface area contributed by atoms with E-state index in [1.165, 1.54) is 5.56 Å².